The topological polar surface area (TPSA) is 115 Å². The number of aryl methyl sites for hydroxylation is 4. The highest BCUT2D eigenvalue weighted by Gasteiger charge is 2.31. The summed E-state index contributed by atoms with van der Waals surface area (Å²) in [5, 5.41) is 7.85. The molecule has 12 nitrogen and oxygen atoms in total. The second-order valence-corrected chi connectivity index (χ2v) is 20.5. The van der Waals surface area contributed by atoms with E-state index in [2.05, 4.69) is 100 Å². The number of benzene rings is 2. The van der Waals surface area contributed by atoms with Crippen LogP contribution in [-0.4, -0.2) is 112 Å². The van der Waals surface area contributed by atoms with Crippen LogP contribution in [0, 0.1) is 39.5 Å². The minimum atomic E-state index is -0.224. The van der Waals surface area contributed by atoms with E-state index in [0.717, 1.165) is 121 Å². The third-order valence-electron chi connectivity index (χ3n) is 12.7. The predicted octanol–water partition coefficient (Wildman–Crippen LogP) is 10.4. The van der Waals surface area contributed by atoms with E-state index < -0.39 is 0 Å². The number of nitrogens with zero attached hydrogens (tertiary/aromatic N) is 6. The maximum absolute atomic E-state index is 13.0. The van der Waals surface area contributed by atoms with E-state index >= 15 is 0 Å². The van der Waals surface area contributed by atoms with Gasteiger partial charge in [0, 0.05) is 112 Å². The molecule has 3 aliphatic heterocycles. The van der Waals surface area contributed by atoms with E-state index in [0.29, 0.717) is 24.8 Å². The zero-order valence-electron chi connectivity index (χ0n) is 39.5. The van der Waals surface area contributed by atoms with E-state index in [1.807, 2.05) is 66.2 Å². The van der Waals surface area contributed by atoms with Crippen molar-refractivity contribution in [1.82, 2.24) is 30.0 Å². The quantitative estimate of drug-likeness (QED) is 0.113. The number of ether oxygens (including phenoxy) is 2. The Bertz CT molecular complexity index is 2110. The highest BCUT2D eigenvalue weighted by molar-refractivity contribution is 9.11. The lowest BCUT2D eigenvalue weighted by atomic mass is 10.1. The minimum absolute atomic E-state index is 0.0632. The summed E-state index contributed by atoms with van der Waals surface area (Å²) in [5.41, 5.74) is 8.37. The van der Waals surface area contributed by atoms with Crippen LogP contribution < -0.4 is 25.0 Å². The summed E-state index contributed by atoms with van der Waals surface area (Å²) in [6, 6.07) is 20.0. The van der Waals surface area contributed by atoms with Crippen LogP contribution in [0.1, 0.15) is 84.7 Å². The summed E-state index contributed by atoms with van der Waals surface area (Å²) in [4.78, 5) is 43.0. The van der Waals surface area contributed by atoms with Gasteiger partial charge in [-0.1, -0.05) is 56.1 Å². The smallest absolute Gasteiger partial charge is 0.324 e. The second-order valence-electron chi connectivity index (χ2n) is 18.9. The molecule has 356 valence electrons. The standard InChI is InChI=1S/C26H34N4O2.C24H32N4O2.C2H4Br2/c1-19-13-20(2)15-23(14-19)30-12-11-29(26(30)31)18-22-5-6-25(27-16-22)32-24-7-9-28(10-8-24)17-21-3-4-21;1-17-11-18(2)13-21(12-17)27-24(29)26-15-20-5-6-23(25-14-20)30-22-7-9-28(10-8-22)16-19-3-4-19;3-1-2-4/h5-6,13-16,21,24H,3-4,7-12,17-18H2,1-2H3;5-6,11-14,19,22H,3-4,7-10,15-16H2,1-2H3,(H2,26,27,29);1-2H2. The molecule has 66 heavy (non-hydrogen) atoms. The van der Waals surface area contributed by atoms with E-state index in [1.54, 1.807) is 6.20 Å². The van der Waals surface area contributed by atoms with Crippen molar-refractivity contribution >= 4 is 55.3 Å². The first-order valence-corrected chi connectivity index (χ1v) is 26.3. The molecule has 5 fully saturated rings. The number of anilines is 2. The number of halogens is 2. The molecule has 5 aliphatic rings. The Balaban J connectivity index is 0.000000182. The third kappa shape index (κ3) is 16.2. The molecule has 0 radical (unpaired) electrons. The van der Waals surface area contributed by atoms with Crippen LogP contribution in [0.2, 0.25) is 0 Å². The number of carbonyl (C=O) groups excluding carboxylic acids is 2. The summed E-state index contributed by atoms with van der Waals surface area (Å²) in [6.07, 6.45) is 14.1. The fourth-order valence-corrected chi connectivity index (χ4v) is 8.95. The maximum Gasteiger partial charge on any atom is 0.324 e. The van der Waals surface area contributed by atoms with E-state index in [-0.39, 0.29) is 24.3 Å². The number of aromatic nitrogens is 2. The van der Waals surface area contributed by atoms with Crippen molar-refractivity contribution < 1.29 is 19.1 Å². The van der Waals surface area contributed by atoms with Gasteiger partial charge in [0.2, 0.25) is 11.8 Å². The summed E-state index contributed by atoms with van der Waals surface area (Å²) in [5.74, 6) is 3.27. The number of alkyl halides is 2. The molecule has 14 heteroatoms. The van der Waals surface area contributed by atoms with Crippen LogP contribution in [0.4, 0.5) is 21.0 Å². The van der Waals surface area contributed by atoms with Crippen molar-refractivity contribution in [3.63, 3.8) is 0 Å². The van der Waals surface area contributed by atoms with Crippen LogP contribution >= 0.6 is 31.9 Å². The lowest BCUT2D eigenvalue weighted by Gasteiger charge is -2.31. The van der Waals surface area contributed by atoms with Gasteiger partial charge in [0.1, 0.15) is 12.2 Å². The average Bonchev–Trinajstić information content (AvgIpc) is 4.25. The number of nitrogens with one attached hydrogen (secondary N) is 2. The number of piperidine rings is 2. The largest absolute Gasteiger partial charge is 0.474 e. The van der Waals surface area contributed by atoms with Crippen molar-refractivity contribution in [3.05, 3.63) is 106 Å². The van der Waals surface area contributed by atoms with Crippen molar-refractivity contribution in [2.24, 2.45) is 11.8 Å². The summed E-state index contributed by atoms with van der Waals surface area (Å²) in [7, 11) is 0. The molecular weight excluding hydrogens is 960 g/mol. The van der Waals surface area contributed by atoms with Crippen molar-refractivity contribution in [2.45, 2.75) is 104 Å². The Kier molecular flexibility index (Phi) is 18.6. The van der Waals surface area contributed by atoms with Crippen molar-refractivity contribution in [1.29, 1.82) is 0 Å². The Labute approximate surface area is 409 Å². The number of likely N-dealkylation sites (tertiary alicyclic amines) is 2. The van der Waals surface area contributed by atoms with Gasteiger partial charge in [-0.2, -0.15) is 0 Å². The molecule has 2 aromatic carbocycles. The summed E-state index contributed by atoms with van der Waals surface area (Å²) >= 11 is 6.40. The van der Waals surface area contributed by atoms with Crippen LogP contribution in [-0.2, 0) is 13.1 Å². The van der Waals surface area contributed by atoms with Crippen molar-refractivity contribution in [2.75, 3.05) is 73.2 Å². The van der Waals surface area contributed by atoms with Gasteiger partial charge in [-0.25, -0.2) is 19.6 Å². The molecule has 2 aromatic heterocycles. The molecule has 3 saturated heterocycles. The number of carbonyl (C=O) groups is 2. The summed E-state index contributed by atoms with van der Waals surface area (Å²) < 4.78 is 12.2. The second kappa shape index (κ2) is 24.7. The summed E-state index contributed by atoms with van der Waals surface area (Å²) in [6.45, 7) is 17.7. The Morgan fingerprint density at radius 1 is 0.636 bits per heavy atom. The van der Waals surface area contributed by atoms with Gasteiger partial charge >= 0.3 is 12.1 Å². The Morgan fingerprint density at radius 3 is 1.58 bits per heavy atom. The first-order valence-electron chi connectivity index (χ1n) is 24.1. The zero-order chi connectivity index (χ0) is 46.4. The van der Waals surface area contributed by atoms with Gasteiger partial charge in [-0.3, -0.25) is 4.90 Å². The van der Waals surface area contributed by atoms with Gasteiger partial charge in [-0.05, 0) is 149 Å². The molecule has 2 aliphatic carbocycles. The van der Waals surface area contributed by atoms with Crippen LogP contribution in [0.3, 0.4) is 0 Å². The number of pyridine rings is 2. The Morgan fingerprint density at radius 2 is 1.12 bits per heavy atom. The monoisotopic (exact) mass is 1030 g/mol. The molecule has 5 heterocycles. The molecule has 2 N–H and O–H groups in total. The number of hydrogen-bond acceptors (Lipinski definition) is 8. The number of urea groups is 2. The van der Waals surface area contributed by atoms with E-state index in [4.69, 9.17) is 9.47 Å². The minimum Gasteiger partial charge on any atom is -0.474 e. The number of rotatable bonds is 15. The van der Waals surface area contributed by atoms with Crippen LogP contribution in [0.5, 0.6) is 11.8 Å². The van der Waals surface area contributed by atoms with Crippen LogP contribution in [0.25, 0.3) is 0 Å². The molecular formula is C52H70Br2N8O4. The number of amides is 4. The molecule has 4 amide bonds. The first kappa shape index (κ1) is 49.7. The molecule has 0 spiro atoms. The molecule has 0 unspecified atom stereocenters. The van der Waals surface area contributed by atoms with Crippen molar-refractivity contribution in [3.8, 4) is 11.8 Å². The first-order chi connectivity index (χ1) is 32.0. The van der Waals surface area contributed by atoms with Gasteiger partial charge in [-0.15, -0.1) is 0 Å². The average molecular weight is 1030 g/mol. The fourth-order valence-electron chi connectivity index (χ4n) is 8.95. The molecule has 4 aromatic rings. The van der Waals surface area contributed by atoms with Crippen LogP contribution in [0.15, 0.2) is 73.1 Å². The lowest BCUT2D eigenvalue weighted by molar-refractivity contribution is 0.0943. The van der Waals surface area contributed by atoms with Gasteiger partial charge in [0.15, 0.2) is 0 Å². The molecule has 0 bridgehead atoms. The Hall–Kier alpha value is -4.24. The van der Waals surface area contributed by atoms with Gasteiger partial charge < -0.3 is 34.8 Å². The van der Waals surface area contributed by atoms with Gasteiger partial charge in [0.25, 0.3) is 0 Å². The predicted molar refractivity (Wildman–Crippen MR) is 273 cm³/mol. The highest BCUT2D eigenvalue weighted by atomic mass is 79.9. The van der Waals surface area contributed by atoms with E-state index in [9.17, 15) is 9.59 Å². The molecule has 0 atom stereocenters. The zero-order valence-corrected chi connectivity index (χ0v) is 42.6. The molecule has 9 rings (SSSR count). The SMILES string of the molecule is BrCCBr.Cc1cc(C)cc(N2CCN(Cc3ccc(OC4CCN(CC5CC5)CC4)nc3)C2=O)c1.Cc1cc(C)cc(NC(=O)NCc2ccc(OC3CCN(CC4CC4)CC3)nc2)c1. The van der Waals surface area contributed by atoms with E-state index in [1.165, 1.54) is 49.9 Å². The maximum atomic E-state index is 13.0. The fraction of sp³-hybridized carbons (Fsp3) is 0.538. The van der Waals surface area contributed by atoms with Gasteiger partial charge in [0.05, 0.1) is 0 Å². The highest BCUT2D eigenvalue weighted by Crippen LogP contribution is 2.32. The third-order valence-corrected chi connectivity index (χ3v) is 14.5. The normalized spacial score (nSPS) is 18.2. The number of hydrogen-bond donors (Lipinski definition) is 2. The lowest BCUT2D eigenvalue weighted by Crippen LogP contribution is -2.39. The molecule has 2 saturated carbocycles.